The molecule has 2 rings (SSSR count). The average molecular weight is 295 g/mol. The van der Waals surface area contributed by atoms with Crippen LogP contribution in [0.2, 0.25) is 5.15 Å². The number of hydrogen-bond donors (Lipinski definition) is 2. The van der Waals surface area contributed by atoms with E-state index in [1.807, 2.05) is 24.3 Å². The first-order valence-corrected chi connectivity index (χ1v) is 6.50. The molecule has 0 unspecified atom stereocenters. The summed E-state index contributed by atoms with van der Waals surface area (Å²) in [6.07, 6.45) is 0. The predicted octanol–water partition coefficient (Wildman–Crippen LogP) is 1.46. The monoisotopic (exact) mass is 294 g/mol. The van der Waals surface area contributed by atoms with Crippen molar-refractivity contribution in [1.82, 2.24) is 15.5 Å². The molecule has 0 radical (unpaired) electrons. The van der Waals surface area contributed by atoms with Gasteiger partial charge in [-0.2, -0.15) is 0 Å². The van der Waals surface area contributed by atoms with Crippen molar-refractivity contribution in [1.29, 1.82) is 0 Å². The van der Waals surface area contributed by atoms with Gasteiger partial charge in [0.1, 0.15) is 0 Å². The van der Waals surface area contributed by atoms with Gasteiger partial charge in [0.25, 0.3) is 0 Å². The zero-order chi connectivity index (χ0) is 14.4. The van der Waals surface area contributed by atoms with E-state index in [9.17, 15) is 4.79 Å². The minimum absolute atomic E-state index is 0.115. The molecule has 0 atom stereocenters. The fourth-order valence-corrected chi connectivity index (χ4v) is 1.92. The maximum absolute atomic E-state index is 11.6. The van der Waals surface area contributed by atoms with Gasteiger partial charge in [-0.3, -0.25) is 4.79 Å². The summed E-state index contributed by atoms with van der Waals surface area (Å²) in [4.78, 5) is 11.6. The summed E-state index contributed by atoms with van der Waals surface area (Å²) in [5.74, 6) is 0.398. The molecule has 0 aliphatic rings. The summed E-state index contributed by atoms with van der Waals surface area (Å²) >= 11 is 5.98. The Kier molecular flexibility index (Phi) is 5.09. The van der Waals surface area contributed by atoms with Crippen LogP contribution in [0, 0.1) is 0 Å². The number of carbonyl (C=O) groups excluding carboxylic acids is 1. The highest BCUT2D eigenvalue weighted by atomic mass is 35.5. The van der Waals surface area contributed by atoms with Gasteiger partial charge in [-0.1, -0.05) is 35.9 Å². The van der Waals surface area contributed by atoms with E-state index in [1.165, 1.54) is 0 Å². The van der Waals surface area contributed by atoms with Gasteiger partial charge in [-0.25, -0.2) is 0 Å². The van der Waals surface area contributed by atoms with E-state index in [0.29, 0.717) is 24.1 Å². The first-order valence-electron chi connectivity index (χ1n) is 6.13. The molecule has 0 saturated heterocycles. The van der Waals surface area contributed by atoms with E-state index in [-0.39, 0.29) is 12.5 Å². The Morgan fingerprint density at radius 2 is 2.05 bits per heavy atom. The number of nitrogens with zero attached hydrogens (tertiary/aromatic N) is 2. The van der Waals surface area contributed by atoms with E-state index in [1.54, 1.807) is 7.11 Å². The fourth-order valence-electron chi connectivity index (χ4n) is 1.72. The van der Waals surface area contributed by atoms with Crippen molar-refractivity contribution < 1.29 is 9.53 Å². The molecule has 1 aromatic heterocycles. The largest absolute Gasteiger partial charge is 0.383 e. The van der Waals surface area contributed by atoms with Gasteiger partial charge in [0, 0.05) is 24.4 Å². The van der Waals surface area contributed by atoms with Crippen LogP contribution in [-0.2, 0) is 9.53 Å². The average Bonchev–Trinajstić information content (AvgIpc) is 2.47. The van der Waals surface area contributed by atoms with Crippen LogP contribution in [0.3, 0.4) is 0 Å². The molecule has 2 aromatic rings. The lowest BCUT2D eigenvalue weighted by atomic mass is 10.2. The van der Waals surface area contributed by atoms with E-state index in [4.69, 9.17) is 16.3 Å². The number of aromatic nitrogens is 2. The molecule has 0 aliphatic heterocycles. The molecule has 0 fully saturated rings. The number of fused-ring (bicyclic) bond motifs is 1. The molecule has 1 aromatic carbocycles. The van der Waals surface area contributed by atoms with Gasteiger partial charge in [0.2, 0.25) is 5.91 Å². The van der Waals surface area contributed by atoms with Crippen molar-refractivity contribution in [3.63, 3.8) is 0 Å². The summed E-state index contributed by atoms with van der Waals surface area (Å²) in [5.41, 5.74) is 0. The second-order valence-corrected chi connectivity index (χ2v) is 4.44. The molecular formula is C13H15ClN4O2. The first-order chi connectivity index (χ1) is 9.72. The summed E-state index contributed by atoms with van der Waals surface area (Å²) < 4.78 is 4.85. The predicted molar refractivity (Wildman–Crippen MR) is 77.9 cm³/mol. The van der Waals surface area contributed by atoms with Crippen LogP contribution >= 0.6 is 11.6 Å². The molecule has 6 nitrogen and oxygen atoms in total. The van der Waals surface area contributed by atoms with Gasteiger partial charge in [0.15, 0.2) is 11.0 Å². The number of rotatable bonds is 6. The van der Waals surface area contributed by atoms with Gasteiger partial charge < -0.3 is 15.4 Å². The van der Waals surface area contributed by atoms with Gasteiger partial charge in [-0.15, -0.1) is 10.2 Å². The molecule has 0 bridgehead atoms. The molecular weight excluding hydrogens is 280 g/mol. The molecule has 106 valence electrons. The molecule has 2 N–H and O–H groups in total. The smallest absolute Gasteiger partial charge is 0.239 e. The third-order valence-corrected chi connectivity index (χ3v) is 2.97. The van der Waals surface area contributed by atoms with E-state index < -0.39 is 0 Å². The van der Waals surface area contributed by atoms with Gasteiger partial charge >= 0.3 is 0 Å². The SMILES string of the molecule is COCCNC(=O)CNc1nnc(Cl)c2ccccc12. The summed E-state index contributed by atoms with van der Waals surface area (Å²) in [6, 6.07) is 7.48. The Balaban J connectivity index is 2.03. The Hall–Kier alpha value is -1.92. The summed E-state index contributed by atoms with van der Waals surface area (Å²) in [5, 5.41) is 15.5. The number of benzene rings is 1. The number of ether oxygens (including phenoxy) is 1. The van der Waals surface area contributed by atoms with Crippen molar-refractivity contribution in [3.05, 3.63) is 29.4 Å². The van der Waals surface area contributed by atoms with E-state index >= 15 is 0 Å². The number of anilines is 1. The lowest BCUT2D eigenvalue weighted by Crippen LogP contribution is -2.32. The Labute approximate surface area is 121 Å². The van der Waals surface area contributed by atoms with Crippen LogP contribution < -0.4 is 10.6 Å². The maximum atomic E-state index is 11.6. The number of carbonyl (C=O) groups is 1. The highest BCUT2D eigenvalue weighted by Crippen LogP contribution is 2.25. The standard InChI is InChI=1S/C13H15ClN4O2/c1-20-7-6-15-11(19)8-16-13-10-5-3-2-4-9(10)12(14)17-18-13/h2-5H,6-8H2,1H3,(H,15,19)(H,16,18). The van der Waals surface area contributed by atoms with Gasteiger partial charge in [-0.05, 0) is 0 Å². The number of nitrogens with one attached hydrogen (secondary N) is 2. The zero-order valence-corrected chi connectivity index (χ0v) is 11.8. The van der Waals surface area contributed by atoms with Crippen LogP contribution in [-0.4, -0.2) is 42.9 Å². The molecule has 1 amide bonds. The minimum Gasteiger partial charge on any atom is -0.383 e. The zero-order valence-electron chi connectivity index (χ0n) is 11.0. The summed E-state index contributed by atoms with van der Waals surface area (Å²) in [6.45, 7) is 1.07. The fraction of sp³-hybridized carbons (Fsp3) is 0.308. The Morgan fingerprint density at radius 3 is 2.80 bits per heavy atom. The molecule has 20 heavy (non-hydrogen) atoms. The highest BCUT2D eigenvalue weighted by molar-refractivity contribution is 6.34. The molecule has 0 spiro atoms. The van der Waals surface area contributed by atoms with Crippen molar-refractivity contribution in [2.75, 3.05) is 32.1 Å². The van der Waals surface area contributed by atoms with Crippen LogP contribution in [0.4, 0.5) is 5.82 Å². The minimum atomic E-state index is -0.136. The normalized spacial score (nSPS) is 10.5. The van der Waals surface area contributed by atoms with Crippen molar-refractivity contribution >= 4 is 34.1 Å². The Bertz CT molecular complexity index is 606. The summed E-state index contributed by atoms with van der Waals surface area (Å²) in [7, 11) is 1.58. The van der Waals surface area contributed by atoms with Crippen LogP contribution in [0.15, 0.2) is 24.3 Å². The quantitative estimate of drug-likeness (QED) is 0.789. The van der Waals surface area contributed by atoms with E-state index in [2.05, 4.69) is 20.8 Å². The van der Waals surface area contributed by atoms with Crippen LogP contribution in [0.25, 0.3) is 10.8 Å². The van der Waals surface area contributed by atoms with Crippen LogP contribution in [0.5, 0.6) is 0 Å². The lowest BCUT2D eigenvalue weighted by molar-refractivity contribution is -0.119. The third kappa shape index (κ3) is 3.55. The molecule has 1 heterocycles. The third-order valence-electron chi connectivity index (χ3n) is 2.69. The van der Waals surface area contributed by atoms with Crippen molar-refractivity contribution in [2.45, 2.75) is 0 Å². The Morgan fingerprint density at radius 1 is 1.30 bits per heavy atom. The highest BCUT2D eigenvalue weighted by Gasteiger charge is 2.08. The molecule has 0 aliphatic carbocycles. The molecule has 7 heteroatoms. The van der Waals surface area contributed by atoms with E-state index in [0.717, 1.165) is 10.8 Å². The number of halogens is 1. The second-order valence-electron chi connectivity index (χ2n) is 4.08. The maximum Gasteiger partial charge on any atom is 0.239 e. The number of hydrogen-bond acceptors (Lipinski definition) is 5. The number of amides is 1. The van der Waals surface area contributed by atoms with Crippen LogP contribution in [0.1, 0.15) is 0 Å². The molecule has 0 saturated carbocycles. The number of methoxy groups -OCH3 is 1. The van der Waals surface area contributed by atoms with Crippen molar-refractivity contribution in [3.8, 4) is 0 Å². The van der Waals surface area contributed by atoms with Gasteiger partial charge in [0.05, 0.1) is 13.2 Å². The first kappa shape index (κ1) is 14.5. The lowest BCUT2D eigenvalue weighted by Gasteiger charge is -2.09. The second kappa shape index (κ2) is 7.02. The topological polar surface area (TPSA) is 76.1 Å². The van der Waals surface area contributed by atoms with Crippen molar-refractivity contribution in [2.24, 2.45) is 0 Å².